The van der Waals surface area contributed by atoms with E-state index < -0.39 is 0 Å². The van der Waals surface area contributed by atoms with Gasteiger partial charge < -0.3 is 15.3 Å². The molecule has 1 amide bonds. The first-order valence-electron chi connectivity index (χ1n) is 7.88. The highest BCUT2D eigenvalue weighted by Gasteiger charge is 2.29. The first-order chi connectivity index (χ1) is 10.3. The van der Waals surface area contributed by atoms with Crippen LogP contribution in [0.4, 0.5) is 0 Å². The van der Waals surface area contributed by atoms with Gasteiger partial charge in [-0.2, -0.15) is 0 Å². The van der Waals surface area contributed by atoms with Gasteiger partial charge in [-0.25, -0.2) is 0 Å². The minimum Gasteiger partial charge on any atom is -0.394 e. The zero-order chi connectivity index (χ0) is 14.7. The van der Waals surface area contributed by atoms with Crippen molar-refractivity contribution < 1.29 is 9.90 Å². The third-order valence-corrected chi connectivity index (χ3v) is 4.66. The second-order valence-corrected chi connectivity index (χ2v) is 5.98. The molecule has 1 aromatic rings. The molecule has 1 aromatic heterocycles. The average molecular weight is 289 g/mol. The van der Waals surface area contributed by atoms with Crippen molar-refractivity contribution in [2.24, 2.45) is 0 Å². The van der Waals surface area contributed by atoms with Gasteiger partial charge in [0, 0.05) is 12.7 Å². The van der Waals surface area contributed by atoms with Gasteiger partial charge in [-0.05, 0) is 62.4 Å². The molecule has 0 saturated carbocycles. The molecule has 2 saturated heterocycles. The van der Waals surface area contributed by atoms with Gasteiger partial charge in [-0.1, -0.05) is 0 Å². The van der Waals surface area contributed by atoms with Crippen LogP contribution in [0, 0.1) is 0 Å². The normalized spacial score (nSPS) is 23.5. The Balaban J connectivity index is 1.77. The van der Waals surface area contributed by atoms with Crippen LogP contribution in [0.3, 0.4) is 0 Å². The Morgan fingerprint density at radius 3 is 2.95 bits per heavy atom. The summed E-state index contributed by atoms with van der Waals surface area (Å²) in [4.78, 5) is 18.6. The molecule has 3 heterocycles. The van der Waals surface area contributed by atoms with E-state index in [1.54, 1.807) is 11.1 Å². The molecular formula is C16H23N3O2. The predicted molar refractivity (Wildman–Crippen MR) is 80.2 cm³/mol. The maximum Gasteiger partial charge on any atom is 0.272 e. The smallest absolute Gasteiger partial charge is 0.272 e. The van der Waals surface area contributed by atoms with Crippen molar-refractivity contribution in [2.75, 3.05) is 26.2 Å². The lowest BCUT2D eigenvalue weighted by atomic mass is 9.90. The van der Waals surface area contributed by atoms with Crippen LogP contribution in [0.15, 0.2) is 18.3 Å². The van der Waals surface area contributed by atoms with Crippen molar-refractivity contribution in [3.8, 4) is 0 Å². The summed E-state index contributed by atoms with van der Waals surface area (Å²) in [6.45, 7) is 2.84. The van der Waals surface area contributed by atoms with E-state index in [1.165, 1.54) is 5.56 Å². The number of rotatable bonds is 3. The van der Waals surface area contributed by atoms with Crippen molar-refractivity contribution in [1.82, 2.24) is 15.2 Å². The number of nitrogens with zero attached hydrogens (tertiary/aromatic N) is 2. The number of carbonyl (C=O) groups excluding carboxylic acids is 1. The molecule has 0 aromatic carbocycles. The highest BCUT2D eigenvalue weighted by atomic mass is 16.3. The van der Waals surface area contributed by atoms with E-state index in [-0.39, 0.29) is 18.6 Å². The van der Waals surface area contributed by atoms with Crippen molar-refractivity contribution in [3.63, 3.8) is 0 Å². The molecule has 2 N–H and O–H groups in total. The standard InChI is InChI=1S/C16H23N3O2/c20-11-14-2-1-9-19(14)16(21)15-10-13(5-8-18-15)12-3-6-17-7-4-12/h5,8,10,12,14,17,20H,1-4,6-7,9,11H2/t14-/m0/s1. The van der Waals surface area contributed by atoms with Gasteiger partial charge in [0.25, 0.3) is 5.91 Å². The lowest BCUT2D eigenvalue weighted by Crippen LogP contribution is -2.38. The molecule has 0 aliphatic carbocycles. The third kappa shape index (κ3) is 3.09. The van der Waals surface area contributed by atoms with Gasteiger partial charge >= 0.3 is 0 Å². The fourth-order valence-electron chi connectivity index (χ4n) is 3.41. The molecule has 0 bridgehead atoms. The molecule has 3 rings (SSSR count). The topological polar surface area (TPSA) is 65.5 Å². The van der Waals surface area contributed by atoms with Crippen LogP contribution in [-0.4, -0.2) is 53.2 Å². The molecule has 21 heavy (non-hydrogen) atoms. The zero-order valence-corrected chi connectivity index (χ0v) is 12.3. The van der Waals surface area contributed by atoms with Gasteiger partial charge in [0.15, 0.2) is 0 Å². The molecule has 5 heteroatoms. The number of aliphatic hydroxyl groups excluding tert-OH is 1. The first kappa shape index (κ1) is 14.5. The lowest BCUT2D eigenvalue weighted by molar-refractivity contribution is 0.0671. The number of nitrogens with one attached hydrogen (secondary N) is 1. The average Bonchev–Trinajstić information content (AvgIpc) is 3.04. The maximum atomic E-state index is 12.6. The van der Waals surface area contributed by atoms with Crippen molar-refractivity contribution in [3.05, 3.63) is 29.6 Å². The first-order valence-corrected chi connectivity index (χ1v) is 7.88. The van der Waals surface area contributed by atoms with Gasteiger partial charge in [0.1, 0.15) is 5.69 Å². The van der Waals surface area contributed by atoms with Gasteiger partial charge in [0.2, 0.25) is 0 Å². The van der Waals surface area contributed by atoms with Crippen LogP contribution in [-0.2, 0) is 0 Å². The largest absolute Gasteiger partial charge is 0.394 e. The van der Waals surface area contributed by atoms with E-state index in [0.717, 1.165) is 45.3 Å². The number of aliphatic hydroxyl groups is 1. The summed E-state index contributed by atoms with van der Waals surface area (Å²) in [6, 6.07) is 3.94. The summed E-state index contributed by atoms with van der Waals surface area (Å²) in [6.07, 6.45) is 5.82. The van der Waals surface area contributed by atoms with Gasteiger partial charge in [-0.15, -0.1) is 0 Å². The second-order valence-electron chi connectivity index (χ2n) is 5.98. The number of amides is 1. The van der Waals surface area contributed by atoms with Crippen molar-refractivity contribution in [1.29, 1.82) is 0 Å². The minimum absolute atomic E-state index is 0.0395. The van der Waals surface area contributed by atoms with E-state index in [0.29, 0.717) is 11.6 Å². The molecule has 0 spiro atoms. The Hall–Kier alpha value is -1.46. The van der Waals surface area contributed by atoms with Crippen molar-refractivity contribution >= 4 is 5.91 Å². The molecule has 114 valence electrons. The van der Waals surface area contributed by atoms with E-state index in [4.69, 9.17) is 0 Å². The molecule has 2 fully saturated rings. The van der Waals surface area contributed by atoms with Crippen molar-refractivity contribution in [2.45, 2.75) is 37.6 Å². The van der Waals surface area contributed by atoms with Crippen LogP contribution in [0.1, 0.15) is 47.7 Å². The van der Waals surface area contributed by atoms with Crippen LogP contribution in [0.2, 0.25) is 0 Å². The lowest BCUT2D eigenvalue weighted by Gasteiger charge is -2.25. The Labute approximate surface area is 125 Å². The molecule has 5 nitrogen and oxygen atoms in total. The van der Waals surface area contributed by atoms with E-state index in [9.17, 15) is 9.90 Å². The minimum atomic E-state index is -0.0400. The van der Waals surface area contributed by atoms with E-state index >= 15 is 0 Å². The highest BCUT2D eigenvalue weighted by molar-refractivity contribution is 5.92. The van der Waals surface area contributed by atoms with Crippen LogP contribution < -0.4 is 5.32 Å². The van der Waals surface area contributed by atoms with Crippen LogP contribution >= 0.6 is 0 Å². The van der Waals surface area contributed by atoms with E-state index in [1.807, 2.05) is 12.1 Å². The number of carbonyl (C=O) groups is 1. The summed E-state index contributed by atoms with van der Waals surface area (Å²) in [5, 5.41) is 12.7. The second kappa shape index (κ2) is 6.54. The maximum absolute atomic E-state index is 12.6. The quantitative estimate of drug-likeness (QED) is 0.876. The van der Waals surface area contributed by atoms with E-state index in [2.05, 4.69) is 10.3 Å². The van der Waals surface area contributed by atoms with Gasteiger partial charge in [0.05, 0.1) is 12.6 Å². The number of aromatic nitrogens is 1. The number of hydrogen-bond donors (Lipinski definition) is 2. The zero-order valence-electron chi connectivity index (χ0n) is 12.3. The highest BCUT2D eigenvalue weighted by Crippen LogP contribution is 2.26. The molecule has 2 aliphatic rings. The Morgan fingerprint density at radius 2 is 2.19 bits per heavy atom. The number of pyridine rings is 1. The summed E-state index contributed by atoms with van der Waals surface area (Å²) in [7, 11) is 0. The molecular weight excluding hydrogens is 266 g/mol. The SMILES string of the molecule is O=C(c1cc(C2CCNCC2)ccn1)N1CCC[C@H]1CO. The number of piperidine rings is 1. The molecule has 1 atom stereocenters. The summed E-state index contributed by atoms with van der Waals surface area (Å²) < 4.78 is 0. The Morgan fingerprint density at radius 1 is 1.38 bits per heavy atom. The summed E-state index contributed by atoms with van der Waals surface area (Å²) >= 11 is 0. The monoisotopic (exact) mass is 289 g/mol. The molecule has 0 unspecified atom stereocenters. The fraction of sp³-hybridized carbons (Fsp3) is 0.625. The number of likely N-dealkylation sites (tertiary alicyclic amines) is 1. The third-order valence-electron chi connectivity index (χ3n) is 4.66. The fourth-order valence-corrected chi connectivity index (χ4v) is 3.41. The summed E-state index contributed by atoms with van der Waals surface area (Å²) in [5.74, 6) is 0.482. The molecule has 0 radical (unpaired) electrons. The van der Waals surface area contributed by atoms with Crippen LogP contribution in [0.25, 0.3) is 0 Å². The Bertz CT molecular complexity index is 500. The van der Waals surface area contributed by atoms with Crippen LogP contribution in [0.5, 0.6) is 0 Å². The number of hydrogen-bond acceptors (Lipinski definition) is 4. The molecule has 2 aliphatic heterocycles. The van der Waals surface area contributed by atoms with Gasteiger partial charge in [-0.3, -0.25) is 9.78 Å². The summed E-state index contributed by atoms with van der Waals surface area (Å²) in [5.41, 5.74) is 1.74. The predicted octanol–water partition coefficient (Wildman–Crippen LogP) is 1.15. The Kier molecular flexibility index (Phi) is 4.51.